The van der Waals surface area contributed by atoms with E-state index in [2.05, 4.69) is 5.32 Å². The number of carbonyl (C=O) groups excluding carboxylic acids is 2. The fraction of sp³-hybridized carbons (Fsp3) is 0.467. The minimum absolute atomic E-state index is 0.0429. The quantitative estimate of drug-likeness (QED) is 0.877. The standard InChI is InChI=1S/C15H21ClN2O2/c1-4-14(19)18(11(3)15(20)17-5-2)10-12-6-8-13(16)9-7-12/h6-9,11H,4-5,10H2,1-3H3,(H,17,20)/t11-/m0/s1. The molecule has 2 amide bonds. The van der Waals surface area contributed by atoms with Crippen LogP contribution in [0, 0.1) is 0 Å². The van der Waals surface area contributed by atoms with Crippen molar-refractivity contribution in [2.45, 2.75) is 39.8 Å². The molecule has 0 aliphatic rings. The molecule has 4 nitrogen and oxygen atoms in total. The number of nitrogens with zero attached hydrogens (tertiary/aromatic N) is 1. The highest BCUT2D eigenvalue weighted by Crippen LogP contribution is 2.14. The Hall–Kier alpha value is -1.55. The number of likely N-dealkylation sites (N-methyl/N-ethyl adjacent to an activating group) is 1. The Balaban J connectivity index is 2.86. The van der Waals surface area contributed by atoms with Crippen LogP contribution in [0.25, 0.3) is 0 Å². The van der Waals surface area contributed by atoms with Gasteiger partial charge in [-0.15, -0.1) is 0 Å². The third-order valence-electron chi connectivity index (χ3n) is 3.09. The number of halogens is 1. The number of benzene rings is 1. The highest BCUT2D eigenvalue weighted by atomic mass is 35.5. The zero-order valence-electron chi connectivity index (χ0n) is 12.1. The molecule has 1 rings (SSSR count). The average Bonchev–Trinajstić information content (AvgIpc) is 2.45. The molecule has 0 aliphatic heterocycles. The van der Waals surface area contributed by atoms with Crippen LogP contribution in [-0.2, 0) is 16.1 Å². The van der Waals surface area contributed by atoms with Gasteiger partial charge in [-0.05, 0) is 31.5 Å². The predicted octanol–water partition coefficient (Wildman–Crippen LogP) is 2.60. The van der Waals surface area contributed by atoms with E-state index in [-0.39, 0.29) is 11.8 Å². The normalized spacial score (nSPS) is 11.8. The maximum absolute atomic E-state index is 12.1. The first-order valence-corrected chi connectivity index (χ1v) is 7.19. The zero-order chi connectivity index (χ0) is 15.1. The third kappa shape index (κ3) is 4.53. The summed E-state index contributed by atoms with van der Waals surface area (Å²) < 4.78 is 0. The molecule has 0 aromatic heterocycles. The van der Waals surface area contributed by atoms with Gasteiger partial charge in [0.1, 0.15) is 6.04 Å². The van der Waals surface area contributed by atoms with E-state index in [9.17, 15) is 9.59 Å². The molecule has 0 unspecified atom stereocenters. The highest BCUT2D eigenvalue weighted by molar-refractivity contribution is 6.30. The van der Waals surface area contributed by atoms with Crippen LogP contribution < -0.4 is 5.32 Å². The first-order valence-electron chi connectivity index (χ1n) is 6.81. The summed E-state index contributed by atoms with van der Waals surface area (Å²) in [7, 11) is 0. The lowest BCUT2D eigenvalue weighted by Gasteiger charge is -2.28. The number of carbonyl (C=O) groups is 2. The molecular weight excluding hydrogens is 276 g/mol. The van der Waals surface area contributed by atoms with Crippen molar-refractivity contribution < 1.29 is 9.59 Å². The van der Waals surface area contributed by atoms with E-state index >= 15 is 0 Å². The summed E-state index contributed by atoms with van der Waals surface area (Å²) in [5, 5.41) is 3.40. The maximum atomic E-state index is 12.1. The van der Waals surface area contributed by atoms with Gasteiger partial charge < -0.3 is 10.2 Å². The van der Waals surface area contributed by atoms with Crippen molar-refractivity contribution in [3.63, 3.8) is 0 Å². The number of hydrogen-bond acceptors (Lipinski definition) is 2. The van der Waals surface area contributed by atoms with Gasteiger partial charge in [-0.25, -0.2) is 0 Å². The predicted molar refractivity (Wildman–Crippen MR) is 80.4 cm³/mol. The van der Waals surface area contributed by atoms with Gasteiger partial charge in [0, 0.05) is 24.5 Å². The van der Waals surface area contributed by atoms with Crippen molar-refractivity contribution in [2.24, 2.45) is 0 Å². The van der Waals surface area contributed by atoms with Gasteiger partial charge in [0.25, 0.3) is 0 Å². The van der Waals surface area contributed by atoms with Crippen LogP contribution in [0.15, 0.2) is 24.3 Å². The highest BCUT2D eigenvalue weighted by Gasteiger charge is 2.24. The fourth-order valence-electron chi connectivity index (χ4n) is 1.89. The maximum Gasteiger partial charge on any atom is 0.242 e. The summed E-state index contributed by atoms with van der Waals surface area (Å²) in [5.41, 5.74) is 0.951. The lowest BCUT2D eigenvalue weighted by molar-refractivity contribution is -0.140. The molecule has 0 spiro atoms. The Morgan fingerprint density at radius 3 is 2.35 bits per heavy atom. The summed E-state index contributed by atoms with van der Waals surface area (Å²) >= 11 is 5.85. The number of hydrogen-bond donors (Lipinski definition) is 1. The van der Waals surface area contributed by atoms with Gasteiger partial charge in [0.05, 0.1) is 0 Å². The van der Waals surface area contributed by atoms with E-state index < -0.39 is 6.04 Å². The molecule has 0 heterocycles. The molecule has 1 aromatic rings. The third-order valence-corrected chi connectivity index (χ3v) is 3.34. The molecule has 1 atom stereocenters. The van der Waals surface area contributed by atoms with Crippen LogP contribution >= 0.6 is 11.6 Å². The minimum atomic E-state index is -0.488. The lowest BCUT2D eigenvalue weighted by Crippen LogP contribution is -2.47. The van der Waals surface area contributed by atoms with Gasteiger partial charge >= 0.3 is 0 Å². The zero-order valence-corrected chi connectivity index (χ0v) is 12.9. The van der Waals surface area contributed by atoms with E-state index in [1.54, 1.807) is 30.9 Å². The molecule has 0 bridgehead atoms. The van der Waals surface area contributed by atoms with Crippen LogP contribution in [0.4, 0.5) is 0 Å². The van der Waals surface area contributed by atoms with Crippen LogP contribution in [0.3, 0.4) is 0 Å². The summed E-state index contributed by atoms with van der Waals surface area (Å²) in [4.78, 5) is 25.6. The fourth-order valence-corrected chi connectivity index (χ4v) is 2.02. The minimum Gasteiger partial charge on any atom is -0.355 e. The Morgan fingerprint density at radius 2 is 1.85 bits per heavy atom. The molecule has 0 radical (unpaired) electrons. The SMILES string of the molecule is CCNC(=O)[C@H](C)N(Cc1ccc(Cl)cc1)C(=O)CC. The van der Waals surface area contributed by atoms with Crippen molar-refractivity contribution in [1.82, 2.24) is 10.2 Å². The van der Waals surface area contributed by atoms with Crippen LogP contribution in [0.1, 0.15) is 32.8 Å². The van der Waals surface area contributed by atoms with Crippen LogP contribution in [0.5, 0.6) is 0 Å². The van der Waals surface area contributed by atoms with E-state index in [1.165, 1.54) is 0 Å². The average molecular weight is 297 g/mol. The van der Waals surface area contributed by atoms with E-state index in [0.717, 1.165) is 5.56 Å². The second-order valence-electron chi connectivity index (χ2n) is 4.57. The molecule has 0 aliphatic carbocycles. The van der Waals surface area contributed by atoms with Crippen molar-refractivity contribution in [3.8, 4) is 0 Å². The van der Waals surface area contributed by atoms with Crippen LogP contribution in [-0.4, -0.2) is 29.3 Å². The first kappa shape index (κ1) is 16.5. The van der Waals surface area contributed by atoms with Crippen LogP contribution in [0.2, 0.25) is 5.02 Å². The van der Waals surface area contributed by atoms with E-state index in [4.69, 9.17) is 11.6 Å². The number of nitrogens with one attached hydrogen (secondary N) is 1. The van der Waals surface area contributed by atoms with Gasteiger partial charge in [-0.2, -0.15) is 0 Å². The molecule has 5 heteroatoms. The largest absolute Gasteiger partial charge is 0.355 e. The summed E-state index contributed by atoms with van der Waals surface area (Å²) in [6.07, 6.45) is 0.372. The topological polar surface area (TPSA) is 49.4 Å². The smallest absolute Gasteiger partial charge is 0.242 e. The van der Waals surface area contributed by atoms with Crippen molar-refractivity contribution >= 4 is 23.4 Å². The van der Waals surface area contributed by atoms with Gasteiger partial charge in [-0.3, -0.25) is 9.59 Å². The van der Waals surface area contributed by atoms with E-state index in [0.29, 0.717) is 24.5 Å². The first-order chi connectivity index (χ1) is 9.49. The molecule has 1 N–H and O–H groups in total. The molecule has 110 valence electrons. The van der Waals surface area contributed by atoms with E-state index in [1.807, 2.05) is 19.1 Å². The Labute approximate surface area is 125 Å². The van der Waals surface area contributed by atoms with Crippen molar-refractivity contribution in [2.75, 3.05) is 6.54 Å². The van der Waals surface area contributed by atoms with Gasteiger partial charge in [0.2, 0.25) is 11.8 Å². The molecule has 0 saturated carbocycles. The molecule has 0 fully saturated rings. The number of rotatable bonds is 6. The summed E-state index contributed by atoms with van der Waals surface area (Å²) in [5.74, 6) is -0.179. The lowest BCUT2D eigenvalue weighted by atomic mass is 10.1. The molecular formula is C15H21ClN2O2. The summed E-state index contributed by atoms with van der Waals surface area (Å²) in [6.45, 7) is 6.35. The van der Waals surface area contributed by atoms with Gasteiger partial charge in [-0.1, -0.05) is 30.7 Å². The van der Waals surface area contributed by atoms with Gasteiger partial charge in [0.15, 0.2) is 0 Å². The number of amides is 2. The Morgan fingerprint density at radius 1 is 1.25 bits per heavy atom. The monoisotopic (exact) mass is 296 g/mol. The Kier molecular flexibility index (Phi) is 6.52. The van der Waals surface area contributed by atoms with Crippen molar-refractivity contribution in [1.29, 1.82) is 0 Å². The Bertz CT molecular complexity index is 459. The second kappa shape index (κ2) is 7.90. The molecule has 20 heavy (non-hydrogen) atoms. The molecule has 1 aromatic carbocycles. The summed E-state index contributed by atoms with van der Waals surface area (Å²) in [6, 6.07) is 6.80. The van der Waals surface area contributed by atoms with Crippen molar-refractivity contribution in [3.05, 3.63) is 34.9 Å². The molecule has 0 saturated heterocycles. The second-order valence-corrected chi connectivity index (χ2v) is 5.01.